The number of hydrogen-bond acceptors (Lipinski definition) is 0. The standard InChI is InChI=1S/C10H20N/c1-11(2,3)10-7-8-4-5-9(10)6-8/h8-10H,4-7H2,1-3H3/q+1/t8-,9?,10?/m0/s1. The molecular weight excluding hydrogens is 134 g/mol. The molecule has 64 valence electrons. The lowest BCUT2D eigenvalue weighted by atomic mass is 9.93. The van der Waals surface area contributed by atoms with Gasteiger partial charge in [0.15, 0.2) is 0 Å². The summed E-state index contributed by atoms with van der Waals surface area (Å²) < 4.78 is 1.20. The van der Waals surface area contributed by atoms with Gasteiger partial charge in [-0.25, -0.2) is 0 Å². The smallest absolute Gasteiger partial charge is 0.0915 e. The Bertz CT molecular complexity index is 157. The monoisotopic (exact) mass is 154 g/mol. The van der Waals surface area contributed by atoms with E-state index >= 15 is 0 Å². The Kier molecular flexibility index (Phi) is 1.54. The normalized spacial score (nSPS) is 43.4. The number of rotatable bonds is 1. The van der Waals surface area contributed by atoms with Crippen molar-refractivity contribution >= 4 is 0 Å². The van der Waals surface area contributed by atoms with Gasteiger partial charge in [0.2, 0.25) is 0 Å². The molecule has 0 amide bonds. The maximum Gasteiger partial charge on any atom is 0.0915 e. The lowest BCUT2D eigenvalue weighted by Gasteiger charge is -2.36. The molecule has 1 heteroatoms. The average Bonchev–Trinajstić information content (AvgIpc) is 2.42. The van der Waals surface area contributed by atoms with Gasteiger partial charge in [-0.1, -0.05) is 0 Å². The second kappa shape index (κ2) is 2.22. The van der Waals surface area contributed by atoms with Crippen LogP contribution in [0.25, 0.3) is 0 Å². The first-order valence-corrected chi connectivity index (χ1v) is 4.88. The minimum absolute atomic E-state index is 0.980. The second-order valence-electron chi connectivity index (χ2n) is 5.36. The zero-order chi connectivity index (χ0) is 8.06. The van der Waals surface area contributed by atoms with Crippen LogP contribution in [0.15, 0.2) is 0 Å². The molecule has 0 radical (unpaired) electrons. The van der Waals surface area contributed by atoms with Crippen molar-refractivity contribution in [3.05, 3.63) is 0 Å². The van der Waals surface area contributed by atoms with Crippen molar-refractivity contribution in [2.45, 2.75) is 31.7 Å². The average molecular weight is 154 g/mol. The van der Waals surface area contributed by atoms with E-state index in [9.17, 15) is 0 Å². The number of hydrogen-bond donors (Lipinski definition) is 0. The molecule has 3 atom stereocenters. The van der Waals surface area contributed by atoms with Crippen molar-refractivity contribution in [1.29, 1.82) is 0 Å². The quantitative estimate of drug-likeness (QED) is 0.506. The maximum atomic E-state index is 2.35. The molecule has 2 unspecified atom stereocenters. The summed E-state index contributed by atoms with van der Waals surface area (Å²) in [6.07, 6.45) is 6.10. The summed E-state index contributed by atoms with van der Waals surface area (Å²) in [7, 11) is 7.06. The van der Waals surface area contributed by atoms with Crippen LogP contribution in [0, 0.1) is 11.8 Å². The van der Waals surface area contributed by atoms with Gasteiger partial charge >= 0.3 is 0 Å². The third-order valence-corrected chi connectivity index (χ3v) is 3.70. The fourth-order valence-corrected chi connectivity index (χ4v) is 3.16. The van der Waals surface area contributed by atoms with Gasteiger partial charge in [-0.3, -0.25) is 0 Å². The molecule has 0 aromatic carbocycles. The fraction of sp³-hybridized carbons (Fsp3) is 1.00. The van der Waals surface area contributed by atoms with E-state index in [2.05, 4.69) is 21.1 Å². The summed E-state index contributed by atoms with van der Waals surface area (Å²) in [6.45, 7) is 0. The molecule has 2 fully saturated rings. The van der Waals surface area contributed by atoms with Crippen LogP contribution in [0.4, 0.5) is 0 Å². The SMILES string of the molecule is C[N+](C)(C)C1C[C@H]2CCC1C2. The first-order chi connectivity index (χ1) is 5.07. The molecule has 0 aromatic heterocycles. The summed E-state index contributed by atoms with van der Waals surface area (Å²) in [5.41, 5.74) is 0. The van der Waals surface area contributed by atoms with Crippen molar-refractivity contribution in [3.8, 4) is 0 Å². The molecule has 2 rings (SSSR count). The molecule has 0 saturated heterocycles. The highest BCUT2D eigenvalue weighted by atomic mass is 15.3. The number of quaternary nitrogens is 1. The van der Waals surface area contributed by atoms with Crippen LogP contribution < -0.4 is 0 Å². The summed E-state index contributed by atoms with van der Waals surface area (Å²) in [5, 5.41) is 0. The zero-order valence-corrected chi connectivity index (χ0v) is 8.01. The molecule has 2 aliphatic carbocycles. The van der Waals surface area contributed by atoms with Crippen molar-refractivity contribution in [1.82, 2.24) is 0 Å². The summed E-state index contributed by atoms with van der Waals surface area (Å²) >= 11 is 0. The first-order valence-electron chi connectivity index (χ1n) is 4.88. The van der Waals surface area contributed by atoms with Crippen molar-refractivity contribution < 1.29 is 4.48 Å². The Balaban J connectivity index is 2.08. The summed E-state index contributed by atoms with van der Waals surface area (Å²) in [5.74, 6) is 2.17. The predicted octanol–water partition coefficient (Wildman–Crippen LogP) is 1.88. The highest BCUT2D eigenvalue weighted by molar-refractivity contribution is 4.90. The molecule has 0 heterocycles. The summed E-state index contributed by atoms with van der Waals surface area (Å²) in [4.78, 5) is 0. The lowest BCUT2D eigenvalue weighted by Crippen LogP contribution is -2.47. The molecule has 2 aliphatic rings. The molecule has 2 saturated carbocycles. The maximum absolute atomic E-state index is 2.35. The van der Waals surface area contributed by atoms with Crippen LogP contribution in [0.3, 0.4) is 0 Å². The van der Waals surface area contributed by atoms with Crippen molar-refractivity contribution in [2.24, 2.45) is 11.8 Å². The van der Waals surface area contributed by atoms with Crippen LogP contribution in [-0.2, 0) is 0 Å². The van der Waals surface area contributed by atoms with Crippen LogP contribution in [0.2, 0.25) is 0 Å². The molecule has 0 spiro atoms. The number of nitrogens with zero attached hydrogens (tertiary/aromatic N) is 1. The van der Waals surface area contributed by atoms with E-state index in [1.807, 2.05) is 0 Å². The third-order valence-electron chi connectivity index (χ3n) is 3.70. The molecule has 0 aromatic rings. The molecule has 0 aliphatic heterocycles. The van der Waals surface area contributed by atoms with E-state index in [1.54, 1.807) is 6.42 Å². The van der Waals surface area contributed by atoms with Crippen LogP contribution in [0.1, 0.15) is 25.7 Å². The number of fused-ring (bicyclic) bond motifs is 2. The van der Waals surface area contributed by atoms with E-state index < -0.39 is 0 Å². The Morgan fingerprint density at radius 3 is 2.00 bits per heavy atom. The zero-order valence-electron chi connectivity index (χ0n) is 8.01. The van der Waals surface area contributed by atoms with Crippen molar-refractivity contribution in [3.63, 3.8) is 0 Å². The minimum Gasteiger partial charge on any atom is -0.328 e. The van der Waals surface area contributed by atoms with Gasteiger partial charge in [-0.2, -0.15) is 0 Å². The predicted molar refractivity (Wildman–Crippen MR) is 47.3 cm³/mol. The van der Waals surface area contributed by atoms with Gasteiger partial charge < -0.3 is 4.48 Å². The topological polar surface area (TPSA) is 0 Å². The highest BCUT2D eigenvalue weighted by Gasteiger charge is 2.45. The molecule has 1 nitrogen and oxygen atoms in total. The van der Waals surface area contributed by atoms with E-state index in [1.165, 1.54) is 23.7 Å². The Hall–Kier alpha value is -0.0400. The van der Waals surface area contributed by atoms with Gasteiger partial charge in [0, 0.05) is 12.3 Å². The van der Waals surface area contributed by atoms with Crippen molar-refractivity contribution in [2.75, 3.05) is 21.1 Å². The van der Waals surface area contributed by atoms with Gasteiger partial charge in [0.1, 0.15) is 0 Å². The first kappa shape index (κ1) is 7.60. The lowest BCUT2D eigenvalue weighted by molar-refractivity contribution is -0.899. The van der Waals surface area contributed by atoms with Crippen LogP contribution >= 0.6 is 0 Å². The van der Waals surface area contributed by atoms with Crippen LogP contribution in [0.5, 0.6) is 0 Å². The third kappa shape index (κ3) is 1.20. The highest BCUT2D eigenvalue weighted by Crippen LogP contribution is 2.47. The van der Waals surface area contributed by atoms with Crippen LogP contribution in [-0.4, -0.2) is 31.7 Å². The van der Waals surface area contributed by atoms with E-state index in [0.29, 0.717) is 0 Å². The van der Waals surface area contributed by atoms with Gasteiger partial charge in [0.25, 0.3) is 0 Å². The van der Waals surface area contributed by atoms with Gasteiger partial charge in [0.05, 0.1) is 27.2 Å². The second-order valence-corrected chi connectivity index (χ2v) is 5.36. The minimum atomic E-state index is 0.980. The molecule has 2 bridgehead atoms. The Morgan fingerprint density at radius 1 is 1.00 bits per heavy atom. The largest absolute Gasteiger partial charge is 0.328 e. The Morgan fingerprint density at radius 2 is 1.73 bits per heavy atom. The fourth-order valence-electron chi connectivity index (χ4n) is 3.16. The molecule has 0 N–H and O–H groups in total. The molecule has 11 heavy (non-hydrogen) atoms. The van der Waals surface area contributed by atoms with Gasteiger partial charge in [-0.05, 0) is 25.2 Å². The molecular formula is C10H20N+. The van der Waals surface area contributed by atoms with E-state index in [4.69, 9.17) is 0 Å². The van der Waals surface area contributed by atoms with E-state index in [0.717, 1.165) is 17.9 Å². The Labute approximate surface area is 70.0 Å². The van der Waals surface area contributed by atoms with Gasteiger partial charge in [-0.15, -0.1) is 0 Å². The van der Waals surface area contributed by atoms with E-state index in [-0.39, 0.29) is 0 Å². The summed E-state index contributed by atoms with van der Waals surface area (Å²) in [6, 6.07) is 0.980.